The molecule has 0 bridgehead atoms. The van der Waals surface area contributed by atoms with Gasteiger partial charge in [0.15, 0.2) is 22.3 Å². The van der Waals surface area contributed by atoms with Crippen molar-refractivity contribution in [3.63, 3.8) is 0 Å². The van der Waals surface area contributed by atoms with Crippen LogP contribution in [-0.2, 0) is 9.84 Å². The van der Waals surface area contributed by atoms with E-state index < -0.39 is 9.84 Å². The fraction of sp³-hybridized carbons (Fsp3) is 0.111. The number of rotatable bonds is 3. The Labute approximate surface area is 158 Å². The van der Waals surface area contributed by atoms with E-state index in [0.717, 1.165) is 22.0 Å². The number of amidine groups is 1. The molecular formula is C18H13BrN4O2S. The van der Waals surface area contributed by atoms with Crippen LogP contribution in [-0.4, -0.2) is 32.2 Å². The zero-order valence-electron chi connectivity index (χ0n) is 13.7. The quantitative estimate of drug-likeness (QED) is 0.625. The van der Waals surface area contributed by atoms with Crippen molar-refractivity contribution in [1.82, 2.24) is 4.98 Å². The summed E-state index contributed by atoms with van der Waals surface area (Å²) in [5.41, 5.74) is 2.88. The van der Waals surface area contributed by atoms with Crippen LogP contribution in [0.5, 0.6) is 0 Å². The van der Waals surface area contributed by atoms with Gasteiger partial charge in [0.05, 0.1) is 10.4 Å². The molecule has 0 saturated carbocycles. The Morgan fingerprint density at radius 2 is 1.85 bits per heavy atom. The molecule has 1 aromatic heterocycles. The molecule has 2 aromatic carbocycles. The zero-order valence-corrected chi connectivity index (χ0v) is 16.1. The van der Waals surface area contributed by atoms with Crippen LogP contribution in [0.25, 0.3) is 22.0 Å². The number of aromatic nitrogens is 1. The second-order valence-corrected chi connectivity index (χ2v) is 8.62. The van der Waals surface area contributed by atoms with Gasteiger partial charge in [-0.05, 0) is 45.3 Å². The Morgan fingerprint density at radius 1 is 1.04 bits per heavy atom. The number of pyridine rings is 1. The SMILES string of the molecule is CS(=O)(=O)c1c(Br)ccc(-c2ccnc3ccccc23)c1C1=NCN=N1. The average molecular weight is 429 g/mol. The summed E-state index contributed by atoms with van der Waals surface area (Å²) in [5.74, 6) is 0.322. The molecule has 0 unspecified atom stereocenters. The van der Waals surface area contributed by atoms with Crippen LogP contribution in [0.3, 0.4) is 0 Å². The molecule has 1 aliphatic rings. The third-order valence-corrected chi connectivity index (χ3v) is 6.18. The number of halogens is 1. The highest BCUT2D eigenvalue weighted by molar-refractivity contribution is 9.10. The first-order valence-corrected chi connectivity index (χ1v) is 10.4. The molecule has 0 saturated heterocycles. The van der Waals surface area contributed by atoms with Crippen LogP contribution >= 0.6 is 15.9 Å². The Balaban J connectivity index is 2.14. The summed E-state index contributed by atoms with van der Waals surface area (Å²) < 4.78 is 25.5. The van der Waals surface area contributed by atoms with E-state index in [-0.39, 0.29) is 11.6 Å². The van der Waals surface area contributed by atoms with Gasteiger partial charge in [-0.1, -0.05) is 24.3 Å². The molecule has 0 amide bonds. The van der Waals surface area contributed by atoms with Crippen molar-refractivity contribution in [1.29, 1.82) is 0 Å². The Hall–Kier alpha value is -2.45. The van der Waals surface area contributed by atoms with Gasteiger partial charge in [-0.3, -0.25) is 4.98 Å². The van der Waals surface area contributed by atoms with Crippen molar-refractivity contribution in [3.05, 3.63) is 58.7 Å². The minimum atomic E-state index is -3.53. The first-order valence-electron chi connectivity index (χ1n) is 7.76. The fourth-order valence-electron chi connectivity index (χ4n) is 3.05. The van der Waals surface area contributed by atoms with E-state index in [2.05, 4.69) is 36.1 Å². The maximum atomic E-state index is 12.5. The third kappa shape index (κ3) is 2.85. The van der Waals surface area contributed by atoms with Gasteiger partial charge in [0.1, 0.15) is 0 Å². The minimum Gasteiger partial charge on any atom is -0.256 e. The monoisotopic (exact) mass is 428 g/mol. The highest BCUT2D eigenvalue weighted by Gasteiger charge is 2.26. The van der Waals surface area contributed by atoms with Gasteiger partial charge in [-0.2, -0.15) is 5.11 Å². The van der Waals surface area contributed by atoms with Gasteiger partial charge < -0.3 is 0 Å². The number of para-hydroxylation sites is 1. The molecule has 3 aromatic rings. The normalized spacial score (nSPS) is 14.0. The van der Waals surface area contributed by atoms with Crippen LogP contribution in [0.2, 0.25) is 0 Å². The lowest BCUT2D eigenvalue weighted by atomic mass is 9.96. The molecule has 2 heterocycles. The number of fused-ring (bicyclic) bond motifs is 1. The van der Waals surface area contributed by atoms with Gasteiger partial charge in [0, 0.05) is 27.9 Å². The summed E-state index contributed by atoms with van der Waals surface area (Å²) in [7, 11) is -3.53. The van der Waals surface area contributed by atoms with E-state index in [1.165, 1.54) is 6.26 Å². The maximum absolute atomic E-state index is 12.5. The van der Waals surface area contributed by atoms with Crippen LogP contribution in [0.1, 0.15) is 5.56 Å². The summed E-state index contributed by atoms with van der Waals surface area (Å²) in [6.07, 6.45) is 2.89. The largest absolute Gasteiger partial charge is 0.256 e. The van der Waals surface area contributed by atoms with E-state index in [1.807, 2.05) is 36.4 Å². The molecule has 4 rings (SSSR count). The zero-order chi connectivity index (χ0) is 18.3. The number of aliphatic imine (C=N–C) groups is 1. The first-order chi connectivity index (χ1) is 12.5. The molecule has 1 aliphatic heterocycles. The minimum absolute atomic E-state index is 0.162. The average Bonchev–Trinajstić information content (AvgIpc) is 3.14. The topological polar surface area (TPSA) is 84.1 Å². The van der Waals surface area contributed by atoms with Crippen molar-refractivity contribution < 1.29 is 8.42 Å². The molecule has 8 heteroatoms. The van der Waals surface area contributed by atoms with E-state index >= 15 is 0 Å². The second-order valence-electron chi connectivity index (χ2n) is 5.81. The smallest absolute Gasteiger partial charge is 0.180 e. The summed E-state index contributed by atoms with van der Waals surface area (Å²) in [6, 6.07) is 13.2. The first kappa shape index (κ1) is 17.0. The highest BCUT2D eigenvalue weighted by Crippen LogP contribution is 2.37. The molecule has 0 fully saturated rings. The lowest BCUT2D eigenvalue weighted by molar-refractivity contribution is 0.601. The van der Waals surface area contributed by atoms with Crippen molar-refractivity contribution >= 4 is 42.5 Å². The number of hydrogen-bond acceptors (Lipinski definition) is 6. The lowest BCUT2D eigenvalue weighted by Crippen LogP contribution is -2.10. The van der Waals surface area contributed by atoms with E-state index in [1.54, 1.807) is 12.3 Å². The molecule has 0 N–H and O–H groups in total. The molecule has 26 heavy (non-hydrogen) atoms. The van der Waals surface area contributed by atoms with E-state index in [0.29, 0.717) is 15.9 Å². The highest BCUT2D eigenvalue weighted by atomic mass is 79.9. The van der Waals surface area contributed by atoms with Crippen molar-refractivity contribution in [2.45, 2.75) is 4.90 Å². The predicted molar refractivity (Wildman–Crippen MR) is 104 cm³/mol. The summed E-state index contributed by atoms with van der Waals surface area (Å²) >= 11 is 3.37. The number of sulfone groups is 1. The number of nitrogens with zero attached hydrogens (tertiary/aromatic N) is 4. The summed E-state index contributed by atoms with van der Waals surface area (Å²) in [5, 5.41) is 8.88. The van der Waals surface area contributed by atoms with Crippen LogP contribution in [0, 0.1) is 0 Å². The van der Waals surface area contributed by atoms with Crippen molar-refractivity contribution in [2.75, 3.05) is 12.9 Å². The Bertz CT molecular complexity index is 1200. The molecule has 130 valence electrons. The number of hydrogen-bond donors (Lipinski definition) is 0. The fourth-order valence-corrected chi connectivity index (χ4v) is 5.26. The van der Waals surface area contributed by atoms with Gasteiger partial charge in [0.2, 0.25) is 0 Å². The molecule has 0 spiro atoms. The summed E-state index contributed by atoms with van der Waals surface area (Å²) in [4.78, 5) is 8.82. The summed E-state index contributed by atoms with van der Waals surface area (Å²) in [6.45, 7) is 0.196. The third-order valence-electron chi connectivity index (χ3n) is 4.09. The maximum Gasteiger partial charge on any atom is 0.180 e. The second kappa shape index (κ2) is 6.37. The Kier molecular flexibility index (Phi) is 4.16. The lowest BCUT2D eigenvalue weighted by Gasteiger charge is -2.15. The van der Waals surface area contributed by atoms with E-state index in [4.69, 9.17) is 0 Å². The number of azo groups is 1. The van der Waals surface area contributed by atoms with Gasteiger partial charge in [-0.15, -0.1) is 5.11 Å². The van der Waals surface area contributed by atoms with Crippen molar-refractivity contribution in [2.24, 2.45) is 15.2 Å². The molecule has 0 atom stereocenters. The van der Waals surface area contributed by atoms with Crippen LogP contribution < -0.4 is 0 Å². The molecule has 0 aliphatic carbocycles. The predicted octanol–water partition coefficient (Wildman–Crippen LogP) is 4.24. The van der Waals surface area contributed by atoms with Gasteiger partial charge in [0.25, 0.3) is 0 Å². The Morgan fingerprint density at radius 3 is 2.58 bits per heavy atom. The molecular weight excluding hydrogens is 416 g/mol. The van der Waals surface area contributed by atoms with E-state index in [9.17, 15) is 8.42 Å². The van der Waals surface area contributed by atoms with Crippen molar-refractivity contribution in [3.8, 4) is 11.1 Å². The van der Waals surface area contributed by atoms with Gasteiger partial charge >= 0.3 is 0 Å². The molecule has 6 nitrogen and oxygen atoms in total. The standard InChI is InChI=1S/C18H13BrN4O2S/c1-26(24,25)17-14(19)7-6-13(16(17)18-21-10-22-23-18)11-8-9-20-15-5-3-2-4-12(11)15/h2-9H,10H2,1H3. The van der Waals surface area contributed by atoms with Crippen LogP contribution in [0.4, 0.5) is 0 Å². The number of benzene rings is 2. The molecule has 0 radical (unpaired) electrons. The van der Waals surface area contributed by atoms with Crippen LogP contribution in [0.15, 0.2) is 73.3 Å². The van der Waals surface area contributed by atoms with Gasteiger partial charge in [-0.25, -0.2) is 13.4 Å².